The molecule has 0 amide bonds. The van der Waals surface area contributed by atoms with Gasteiger partial charge in [-0.25, -0.2) is 4.39 Å². The first-order valence-corrected chi connectivity index (χ1v) is 5.36. The van der Waals surface area contributed by atoms with E-state index in [1.165, 1.54) is 6.08 Å². The number of ether oxygens (including phenoxy) is 1. The van der Waals surface area contributed by atoms with E-state index in [1.54, 1.807) is 31.4 Å². The SMILES string of the molecule is COc1ccc(/C(F)=C/c2ccccc2)cc1. The van der Waals surface area contributed by atoms with Gasteiger partial charge in [0, 0.05) is 5.56 Å². The van der Waals surface area contributed by atoms with Crippen LogP contribution in [0, 0.1) is 0 Å². The summed E-state index contributed by atoms with van der Waals surface area (Å²) < 4.78 is 18.9. The summed E-state index contributed by atoms with van der Waals surface area (Å²) >= 11 is 0. The lowest BCUT2D eigenvalue weighted by atomic mass is 10.1. The van der Waals surface area contributed by atoms with Crippen molar-refractivity contribution < 1.29 is 9.13 Å². The van der Waals surface area contributed by atoms with Crippen molar-refractivity contribution in [2.75, 3.05) is 7.11 Å². The summed E-state index contributed by atoms with van der Waals surface area (Å²) in [6, 6.07) is 16.3. The summed E-state index contributed by atoms with van der Waals surface area (Å²) in [5.41, 5.74) is 1.40. The molecular formula is C15H13FO. The molecule has 2 rings (SSSR count). The van der Waals surface area contributed by atoms with Crippen LogP contribution in [-0.4, -0.2) is 7.11 Å². The van der Waals surface area contributed by atoms with Crippen molar-refractivity contribution in [2.24, 2.45) is 0 Å². The molecule has 0 spiro atoms. The second-order valence-corrected chi connectivity index (χ2v) is 3.63. The molecule has 0 bridgehead atoms. The Hall–Kier alpha value is -2.09. The van der Waals surface area contributed by atoms with Gasteiger partial charge >= 0.3 is 0 Å². The zero-order chi connectivity index (χ0) is 12.1. The molecule has 0 saturated heterocycles. The number of halogens is 1. The molecule has 0 fully saturated rings. The molecule has 17 heavy (non-hydrogen) atoms. The van der Waals surface area contributed by atoms with E-state index in [4.69, 9.17) is 4.74 Å². The van der Waals surface area contributed by atoms with Crippen molar-refractivity contribution >= 4 is 11.9 Å². The first kappa shape index (κ1) is 11.4. The maximum absolute atomic E-state index is 13.9. The number of methoxy groups -OCH3 is 1. The lowest BCUT2D eigenvalue weighted by molar-refractivity contribution is 0.414. The number of rotatable bonds is 3. The van der Waals surface area contributed by atoms with Gasteiger partial charge < -0.3 is 4.74 Å². The minimum absolute atomic E-state index is 0.251. The first-order valence-electron chi connectivity index (χ1n) is 5.36. The van der Waals surface area contributed by atoms with Gasteiger partial charge in [0.05, 0.1) is 7.11 Å². The maximum Gasteiger partial charge on any atom is 0.131 e. The Labute approximate surface area is 100 Å². The summed E-state index contributed by atoms with van der Waals surface area (Å²) in [4.78, 5) is 0. The molecule has 0 aromatic heterocycles. The summed E-state index contributed by atoms with van der Waals surface area (Å²) in [6.07, 6.45) is 1.52. The van der Waals surface area contributed by atoms with Crippen LogP contribution in [0.3, 0.4) is 0 Å². The van der Waals surface area contributed by atoms with Gasteiger partial charge in [0.2, 0.25) is 0 Å². The Morgan fingerprint density at radius 1 is 1.00 bits per heavy atom. The van der Waals surface area contributed by atoms with E-state index in [-0.39, 0.29) is 5.83 Å². The second-order valence-electron chi connectivity index (χ2n) is 3.63. The molecular weight excluding hydrogens is 215 g/mol. The van der Waals surface area contributed by atoms with E-state index in [2.05, 4.69) is 0 Å². The molecule has 2 aromatic rings. The Morgan fingerprint density at radius 3 is 2.24 bits per heavy atom. The van der Waals surface area contributed by atoms with E-state index < -0.39 is 0 Å². The molecule has 2 aromatic carbocycles. The Bertz CT molecular complexity index is 500. The fourth-order valence-electron chi connectivity index (χ4n) is 1.53. The molecule has 0 aliphatic carbocycles. The topological polar surface area (TPSA) is 9.23 Å². The highest BCUT2D eigenvalue weighted by molar-refractivity contribution is 5.76. The maximum atomic E-state index is 13.9. The van der Waals surface area contributed by atoms with Crippen molar-refractivity contribution in [2.45, 2.75) is 0 Å². The second kappa shape index (κ2) is 5.30. The Kier molecular flexibility index (Phi) is 3.55. The van der Waals surface area contributed by atoms with E-state index in [0.717, 1.165) is 11.3 Å². The van der Waals surface area contributed by atoms with Crippen molar-refractivity contribution in [3.05, 3.63) is 65.7 Å². The van der Waals surface area contributed by atoms with Crippen molar-refractivity contribution in [3.63, 3.8) is 0 Å². The molecule has 2 heteroatoms. The predicted octanol–water partition coefficient (Wildman–Crippen LogP) is 4.16. The number of hydrogen-bond donors (Lipinski definition) is 0. The highest BCUT2D eigenvalue weighted by Gasteiger charge is 2.00. The molecule has 0 atom stereocenters. The van der Waals surface area contributed by atoms with Gasteiger partial charge in [0.1, 0.15) is 11.6 Å². The van der Waals surface area contributed by atoms with E-state index in [1.807, 2.05) is 30.3 Å². The standard InChI is InChI=1S/C15H13FO/c1-17-14-9-7-13(8-10-14)15(16)11-12-5-3-2-4-6-12/h2-11H,1H3/b15-11-. The predicted molar refractivity (Wildman–Crippen MR) is 68.4 cm³/mol. The van der Waals surface area contributed by atoms with Gasteiger partial charge in [-0.05, 0) is 35.9 Å². The Balaban J connectivity index is 2.24. The summed E-state index contributed by atoms with van der Waals surface area (Å²) in [7, 11) is 1.59. The van der Waals surface area contributed by atoms with Crippen LogP contribution in [0.4, 0.5) is 4.39 Å². The molecule has 0 heterocycles. The normalized spacial score (nSPS) is 11.3. The van der Waals surface area contributed by atoms with Gasteiger partial charge in [0.25, 0.3) is 0 Å². The average molecular weight is 228 g/mol. The summed E-state index contributed by atoms with van der Waals surface area (Å²) in [5.74, 6) is 0.472. The van der Waals surface area contributed by atoms with Gasteiger partial charge in [-0.2, -0.15) is 0 Å². The lowest BCUT2D eigenvalue weighted by Gasteiger charge is -2.01. The highest BCUT2D eigenvalue weighted by atomic mass is 19.1. The molecule has 1 nitrogen and oxygen atoms in total. The van der Waals surface area contributed by atoms with E-state index >= 15 is 0 Å². The number of benzene rings is 2. The van der Waals surface area contributed by atoms with Crippen LogP contribution in [0.5, 0.6) is 5.75 Å². The van der Waals surface area contributed by atoms with Gasteiger partial charge in [-0.15, -0.1) is 0 Å². The number of hydrogen-bond acceptors (Lipinski definition) is 1. The van der Waals surface area contributed by atoms with Crippen LogP contribution in [0.25, 0.3) is 11.9 Å². The monoisotopic (exact) mass is 228 g/mol. The van der Waals surface area contributed by atoms with E-state index in [9.17, 15) is 4.39 Å². The van der Waals surface area contributed by atoms with Crippen molar-refractivity contribution in [1.29, 1.82) is 0 Å². The lowest BCUT2D eigenvalue weighted by Crippen LogP contribution is -1.83. The largest absolute Gasteiger partial charge is 0.497 e. The fraction of sp³-hybridized carbons (Fsp3) is 0.0667. The van der Waals surface area contributed by atoms with Crippen molar-refractivity contribution in [1.82, 2.24) is 0 Å². The van der Waals surface area contributed by atoms with Gasteiger partial charge in [-0.3, -0.25) is 0 Å². The molecule has 0 radical (unpaired) electrons. The minimum atomic E-state index is -0.251. The first-order chi connectivity index (χ1) is 8.29. The third kappa shape index (κ3) is 2.94. The molecule has 86 valence electrons. The third-order valence-electron chi connectivity index (χ3n) is 2.46. The smallest absolute Gasteiger partial charge is 0.131 e. The zero-order valence-electron chi connectivity index (χ0n) is 9.56. The third-order valence-corrected chi connectivity index (χ3v) is 2.46. The molecule has 0 unspecified atom stereocenters. The average Bonchev–Trinajstić information content (AvgIpc) is 2.40. The van der Waals surface area contributed by atoms with Crippen LogP contribution < -0.4 is 4.74 Å². The van der Waals surface area contributed by atoms with Crippen molar-refractivity contribution in [3.8, 4) is 5.75 Å². The summed E-state index contributed by atoms with van der Waals surface area (Å²) in [5, 5.41) is 0. The fourth-order valence-corrected chi connectivity index (χ4v) is 1.53. The molecule has 0 aliphatic heterocycles. The molecule has 0 N–H and O–H groups in total. The Morgan fingerprint density at radius 2 is 1.65 bits per heavy atom. The van der Waals surface area contributed by atoms with Crippen LogP contribution in [0.1, 0.15) is 11.1 Å². The quantitative estimate of drug-likeness (QED) is 0.717. The van der Waals surface area contributed by atoms with Crippen LogP contribution >= 0.6 is 0 Å². The van der Waals surface area contributed by atoms with Crippen LogP contribution in [0.2, 0.25) is 0 Å². The molecule has 0 saturated carbocycles. The minimum Gasteiger partial charge on any atom is -0.497 e. The molecule has 0 aliphatic rings. The van der Waals surface area contributed by atoms with Crippen LogP contribution in [-0.2, 0) is 0 Å². The zero-order valence-corrected chi connectivity index (χ0v) is 9.56. The highest BCUT2D eigenvalue weighted by Crippen LogP contribution is 2.21. The summed E-state index contributed by atoms with van der Waals surface area (Å²) in [6.45, 7) is 0. The van der Waals surface area contributed by atoms with E-state index in [0.29, 0.717) is 5.56 Å². The van der Waals surface area contributed by atoms with Gasteiger partial charge in [-0.1, -0.05) is 30.3 Å². The van der Waals surface area contributed by atoms with Gasteiger partial charge in [0.15, 0.2) is 0 Å². The van der Waals surface area contributed by atoms with Crippen LogP contribution in [0.15, 0.2) is 54.6 Å².